The molecule has 2 heterocycles. The first-order valence-corrected chi connectivity index (χ1v) is 10.9. The van der Waals surface area contributed by atoms with Crippen LogP contribution in [-0.2, 0) is 4.79 Å². The minimum atomic E-state index is -0.910. The summed E-state index contributed by atoms with van der Waals surface area (Å²) < 4.78 is 21.7. The second-order valence-electron chi connectivity index (χ2n) is 7.92. The predicted octanol–water partition coefficient (Wildman–Crippen LogP) is 4.32. The van der Waals surface area contributed by atoms with E-state index < -0.39 is 11.5 Å². The number of aryl methyl sites for hydroxylation is 1. The maximum atomic E-state index is 13.3. The van der Waals surface area contributed by atoms with Gasteiger partial charge in [-0.05, 0) is 31.2 Å². The highest BCUT2D eigenvalue weighted by Crippen LogP contribution is 2.46. The quantitative estimate of drug-likeness (QED) is 0.345. The third-order valence-electron chi connectivity index (χ3n) is 5.81. The van der Waals surface area contributed by atoms with Crippen molar-refractivity contribution in [1.29, 1.82) is 0 Å². The molecule has 3 N–H and O–H groups in total. The van der Waals surface area contributed by atoms with Gasteiger partial charge >= 0.3 is 5.63 Å². The third kappa shape index (κ3) is 4.52. The highest BCUT2D eigenvalue weighted by atomic mass is 16.5. The number of rotatable bonds is 8. The van der Waals surface area contributed by atoms with Crippen molar-refractivity contribution in [3.8, 4) is 23.0 Å². The molecule has 2 aromatic heterocycles. The van der Waals surface area contributed by atoms with Gasteiger partial charge < -0.3 is 34.0 Å². The van der Waals surface area contributed by atoms with Crippen LogP contribution in [0.2, 0.25) is 0 Å². The number of hydrogen-bond donors (Lipinski definition) is 3. The van der Waals surface area contributed by atoms with Crippen molar-refractivity contribution in [2.24, 2.45) is 0 Å². The fraction of sp³-hybridized carbons (Fsp3) is 0.231. The molecule has 0 unspecified atom stereocenters. The maximum Gasteiger partial charge on any atom is 0.343 e. The van der Waals surface area contributed by atoms with Crippen LogP contribution >= 0.6 is 0 Å². The molecule has 9 nitrogen and oxygen atoms in total. The maximum absolute atomic E-state index is 13.3. The molecule has 1 atom stereocenters. The first kappa shape index (κ1) is 23.7. The molecule has 182 valence electrons. The van der Waals surface area contributed by atoms with Gasteiger partial charge in [-0.1, -0.05) is 12.1 Å². The summed E-state index contributed by atoms with van der Waals surface area (Å²) in [5.41, 5.74) is 1.14. The number of aromatic amines is 1. The van der Waals surface area contributed by atoms with E-state index in [1.54, 1.807) is 31.3 Å². The number of aromatic nitrogens is 1. The van der Waals surface area contributed by atoms with E-state index >= 15 is 0 Å². The van der Waals surface area contributed by atoms with Gasteiger partial charge in [0.2, 0.25) is 11.7 Å². The van der Waals surface area contributed by atoms with Crippen LogP contribution in [0, 0.1) is 6.92 Å². The Morgan fingerprint density at radius 3 is 2.54 bits per heavy atom. The Hall–Kier alpha value is -4.40. The number of amides is 1. The van der Waals surface area contributed by atoms with Crippen molar-refractivity contribution < 1.29 is 28.5 Å². The Balaban J connectivity index is 1.81. The molecule has 0 aliphatic heterocycles. The molecule has 0 saturated heterocycles. The summed E-state index contributed by atoms with van der Waals surface area (Å²) in [5, 5.41) is 14.5. The molecule has 0 aliphatic rings. The molecule has 4 rings (SSSR count). The van der Waals surface area contributed by atoms with Gasteiger partial charge in [0.15, 0.2) is 11.5 Å². The lowest BCUT2D eigenvalue weighted by Crippen LogP contribution is -2.21. The molecule has 0 spiro atoms. The lowest BCUT2D eigenvalue weighted by molar-refractivity contribution is -0.116. The molecule has 0 aliphatic carbocycles. The summed E-state index contributed by atoms with van der Waals surface area (Å²) in [6.07, 6.45) is 1.60. The number of ether oxygens (including phenoxy) is 3. The van der Waals surface area contributed by atoms with Crippen LogP contribution in [0.1, 0.15) is 29.2 Å². The molecular formula is C26H26N2O7. The van der Waals surface area contributed by atoms with E-state index in [9.17, 15) is 14.7 Å². The van der Waals surface area contributed by atoms with Crippen LogP contribution in [0.15, 0.2) is 57.9 Å². The van der Waals surface area contributed by atoms with E-state index in [4.69, 9.17) is 18.6 Å². The number of fused-ring (bicyclic) bond motifs is 1. The highest BCUT2D eigenvalue weighted by molar-refractivity contribution is 6.01. The highest BCUT2D eigenvalue weighted by Gasteiger charge is 2.30. The topological polar surface area (TPSA) is 123 Å². The SMILES string of the molecule is COc1ccc([C@H](CC(=O)Nc2cccc3[nH]ccc23)c2c(O)cc(C)oc2=O)c(OC)c1OC. The second kappa shape index (κ2) is 9.84. The van der Waals surface area contributed by atoms with Crippen molar-refractivity contribution in [2.45, 2.75) is 19.3 Å². The molecular weight excluding hydrogens is 452 g/mol. The van der Waals surface area contributed by atoms with Crippen molar-refractivity contribution in [1.82, 2.24) is 4.98 Å². The van der Waals surface area contributed by atoms with E-state index in [1.807, 2.05) is 18.2 Å². The number of aromatic hydroxyl groups is 1. The number of methoxy groups -OCH3 is 3. The Morgan fingerprint density at radius 2 is 1.86 bits per heavy atom. The number of H-pyrrole nitrogens is 1. The zero-order valence-electron chi connectivity index (χ0n) is 19.8. The Kier molecular flexibility index (Phi) is 6.68. The van der Waals surface area contributed by atoms with Gasteiger partial charge in [0.25, 0.3) is 0 Å². The number of carbonyl (C=O) groups excluding carboxylic acids is 1. The standard InChI is InChI=1S/C26H26N2O7/c1-14-12-20(29)23(26(31)35-14)17(15-8-9-21(32-2)25(34-4)24(15)33-3)13-22(30)28-19-7-5-6-18-16(19)10-11-27-18/h5-12,17,27,29H,13H2,1-4H3,(H,28,30)/t17-/m0/s1. The van der Waals surface area contributed by atoms with E-state index in [-0.39, 0.29) is 35.2 Å². The van der Waals surface area contributed by atoms with Gasteiger partial charge in [-0.25, -0.2) is 4.79 Å². The van der Waals surface area contributed by atoms with Gasteiger partial charge in [-0.15, -0.1) is 0 Å². The minimum Gasteiger partial charge on any atom is -0.507 e. The molecule has 2 aromatic carbocycles. The third-order valence-corrected chi connectivity index (χ3v) is 5.81. The summed E-state index contributed by atoms with van der Waals surface area (Å²) in [5.74, 6) is -0.329. The van der Waals surface area contributed by atoms with Crippen LogP contribution in [0.5, 0.6) is 23.0 Å². The van der Waals surface area contributed by atoms with E-state index in [1.165, 1.54) is 27.4 Å². The summed E-state index contributed by atoms with van der Waals surface area (Å²) in [6.45, 7) is 1.56. The number of anilines is 1. The number of hydrogen-bond acceptors (Lipinski definition) is 7. The molecule has 0 bridgehead atoms. The van der Waals surface area contributed by atoms with Crippen LogP contribution < -0.4 is 25.2 Å². The average molecular weight is 479 g/mol. The van der Waals surface area contributed by atoms with Crippen molar-refractivity contribution in [3.63, 3.8) is 0 Å². The Labute approximate surface area is 201 Å². The van der Waals surface area contributed by atoms with Crippen molar-refractivity contribution in [2.75, 3.05) is 26.6 Å². The summed E-state index contributed by atoms with van der Waals surface area (Å²) in [7, 11) is 4.40. The molecule has 0 saturated carbocycles. The van der Waals surface area contributed by atoms with E-state index in [2.05, 4.69) is 10.3 Å². The zero-order valence-corrected chi connectivity index (χ0v) is 19.8. The molecule has 35 heavy (non-hydrogen) atoms. The number of carbonyl (C=O) groups is 1. The fourth-order valence-electron chi connectivity index (χ4n) is 4.27. The van der Waals surface area contributed by atoms with Crippen LogP contribution in [0.4, 0.5) is 5.69 Å². The average Bonchev–Trinajstić information content (AvgIpc) is 3.31. The molecule has 9 heteroatoms. The lowest BCUT2D eigenvalue weighted by atomic mass is 9.87. The molecule has 0 radical (unpaired) electrons. The van der Waals surface area contributed by atoms with Gasteiger partial charge in [0.05, 0.1) is 32.6 Å². The smallest absolute Gasteiger partial charge is 0.343 e. The van der Waals surface area contributed by atoms with Gasteiger partial charge in [-0.2, -0.15) is 0 Å². The molecule has 4 aromatic rings. The summed E-state index contributed by atoms with van der Waals surface area (Å²) in [4.78, 5) is 29.2. The van der Waals surface area contributed by atoms with Gasteiger partial charge in [0, 0.05) is 41.1 Å². The summed E-state index contributed by atoms with van der Waals surface area (Å²) >= 11 is 0. The second-order valence-corrected chi connectivity index (χ2v) is 7.92. The molecule has 1 amide bonds. The molecule has 0 fully saturated rings. The Morgan fingerprint density at radius 1 is 1.09 bits per heavy atom. The largest absolute Gasteiger partial charge is 0.507 e. The zero-order chi connectivity index (χ0) is 25.1. The number of benzene rings is 2. The first-order chi connectivity index (χ1) is 16.9. The van der Waals surface area contributed by atoms with Crippen molar-refractivity contribution in [3.05, 3.63) is 76.0 Å². The fourth-order valence-corrected chi connectivity index (χ4v) is 4.27. The monoisotopic (exact) mass is 478 g/mol. The van der Waals surface area contributed by atoms with Gasteiger partial charge in [-0.3, -0.25) is 4.79 Å². The van der Waals surface area contributed by atoms with E-state index in [0.717, 1.165) is 10.9 Å². The van der Waals surface area contributed by atoms with Crippen LogP contribution in [-0.4, -0.2) is 37.3 Å². The van der Waals surface area contributed by atoms with Gasteiger partial charge in [0.1, 0.15) is 11.5 Å². The van der Waals surface area contributed by atoms with Crippen LogP contribution in [0.25, 0.3) is 10.9 Å². The normalized spacial score (nSPS) is 11.8. The predicted molar refractivity (Wildman–Crippen MR) is 131 cm³/mol. The minimum absolute atomic E-state index is 0.0591. The van der Waals surface area contributed by atoms with E-state index in [0.29, 0.717) is 22.7 Å². The first-order valence-electron chi connectivity index (χ1n) is 10.9. The summed E-state index contributed by atoms with van der Waals surface area (Å²) in [6, 6.07) is 12.0. The number of nitrogens with one attached hydrogen (secondary N) is 2. The van der Waals surface area contributed by atoms with Crippen molar-refractivity contribution >= 4 is 22.5 Å². The lowest BCUT2D eigenvalue weighted by Gasteiger charge is -2.22. The van der Waals surface area contributed by atoms with Crippen LogP contribution in [0.3, 0.4) is 0 Å². The Bertz CT molecular complexity index is 1440.